The molecular weight excluding hydrogens is 345 g/mol. The molecule has 1 aromatic heterocycles. The van der Waals surface area contributed by atoms with Gasteiger partial charge in [-0.25, -0.2) is 4.39 Å². The van der Waals surface area contributed by atoms with E-state index in [2.05, 4.69) is 15.9 Å². The molecular formula is C15H10BrClFNO. The quantitative estimate of drug-likeness (QED) is 0.700. The molecule has 5 heteroatoms. The van der Waals surface area contributed by atoms with Gasteiger partial charge in [-0.3, -0.25) is 0 Å². The van der Waals surface area contributed by atoms with Crippen LogP contribution in [0, 0.1) is 5.82 Å². The summed E-state index contributed by atoms with van der Waals surface area (Å²) in [5, 5.41) is 1.50. The van der Waals surface area contributed by atoms with Crippen LogP contribution in [0.3, 0.4) is 0 Å². The fourth-order valence-corrected chi connectivity index (χ4v) is 2.77. The molecule has 0 amide bonds. The van der Waals surface area contributed by atoms with Gasteiger partial charge in [-0.05, 0) is 48.0 Å². The van der Waals surface area contributed by atoms with E-state index >= 15 is 0 Å². The van der Waals surface area contributed by atoms with E-state index in [4.69, 9.17) is 21.8 Å². The van der Waals surface area contributed by atoms with Crippen molar-refractivity contribution in [1.29, 1.82) is 0 Å². The Labute approximate surface area is 128 Å². The minimum absolute atomic E-state index is 0.335. The van der Waals surface area contributed by atoms with Crippen LogP contribution in [0.15, 0.2) is 51.4 Å². The third-order valence-corrected chi connectivity index (χ3v) is 4.05. The molecule has 0 spiro atoms. The summed E-state index contributed by atoms with van der Waals surface area (Å²) >= 11 is 9.31. The average Bonchev–Trinajstić information content (AvgIpc) is 2.83. The van der Waals surface area contributed by atoms with Crippen molar-refractivity contribution in [2.24, 2.45) is 5.73 Å². The normalized spacial score (nSPS) is 12.8. The van der Waals surface area contributed by atoms with E-state index in [1.807, 2.05) is 6.07 Å². The van der Waals surface area contributed by atoms with Gasteiger partial charge in [0.15, 0.2) is 0 Å². The van der Waals surface area contributed by atoms with Crippen molar-refractivity contribution in [2.75, 3.05) is 0 Å². The molecule has 1 unspecified atom stereocenters. The predicted octanol–water partition coefficient (Wildman–Crippen LogP) is 5.04. The van der Waals surface area contributed by atoms with Crippen LogP contribution in [-0.4, -0.2) is 0 Å². The molecule has 0 aliphatic heterocycles. The monoisotopic (exact) mass is 353 g/mol. The number of nitrogens with two attached hydrogens (primary N) is 1. The number of fused-ring (bicyclic) bond motifs is 1. The molecule has 1 atom stereocenters. The second-order valence-electron chi connectivity index (χ2n) is 4.47. The van der Waals surface area contributed by atoms with Crippen LogP contribution < -0.4 is 5.73 Å². The molecule has 2 N–H and O–H groups in total. The predicted molar refractivity (Wildman–Crippen MR) is 81.4 cm³/mol. The number of hydrogen-bond donors (Lipinski definition) is 1. The highest BCUT2D eigenvalue weighted by Crippen LogP contribution is 2.31. The number of rotatable bonds is 2. The zero-order valence-electron chi connectivity index (χ0n) is 10.2. The second kappa shape index (κ2) is 5.20. The lowest BCUT2D eigenvalue weighted by Crippen LogP contribution is -2.11. The molecule has 0 bridgehead atoms. The van der Waals surface area contributed by atoms with Gasteiger partial charge in [0, 0.05) is 14.9 Å². The maximum atomic E-state index is 13.4. The van der Waals surface area contributed by atoms with Crippen LogP contribution in [-0.2, 0) is 0 Å². The summed E-state index contributed by atoms with van der Waals surface area (Å²) in [4.78, 5) is 0. The smallest absolute Gasteiger partial charge is 0.134 e. The lowest BCUT2D eigenvalue weighted by molar-refractivity contribution is 0.522. The first kappa shape index (κ1) is 13.6. The Kier molecular flexibility index (Phi) is 3.54. The van der Waals surface area contributed by atoms with Gasteiger partial charge < -0.3 is 10.2 Å². The molecule has 1 heterocycles. The maximum absolute atomic E-state index is 13.4. The number of furan rings is 1. The van der Waals surface area contributed by atoms with E-state index in [9.17, 15) is 4.39 Å². The first-order chi connectivity index (χ1) is 9.54. The first-order valence-corrected chi connectivity index (χ1v) is 7.11. The summed E-state index contributed by atoms with van der Waals surface area (Å²) in [6.45, 7) is 0. The summed E-state index contributed by atoms with van der Waals surface area (Å²) in [5.74, 6) is 0.228. The van der Waals surface area contributed by atoms with Crippen LogP contribution in [0.5, 0.6) is 0 Å². The minimum Gasteiger partial charge on any atom is -0.459 e. The van der Waals surface area contributed by atoms with Crippen molar-refractivity contribution >= 4 is 38.5 Å². The summed E-state index contributed by atoms with van der Waals surface area (Å²) in [6.07, 6.45) is 0. The van der Waals surface area contributed by atoms with E-state index < -0.39 is 6.04 Å². The van der Waals surface area contributed by atoms with E-state index in [0.717, 1.165) is 9.86 Å². The van der Waals surface area contributed by atoms with Gasteiger partial charge in [0.05, 0.1) is 6.04 Å². The van der Waals surface area contributed by atoms with Crippen molar-refractivity contribution in [3.8, 4) is 0 Å². The van der Waals surface area contributed by atoms with E-state index in [1.54, 1.807) is 24.3 Å². The summed E-state index contributed by atoms with van der Waals surface area (Å²) in [7, 11) is 0. The largest absolute Gasteiger partial charge is 0.459 e. The molecule has 2 aromatic carbocycles. The highest BCUT2D eigenvalue weighted by Gasteiger charge is 2.17. The van der Waals surface area contributed by atoms with Gasteiger partial charge in [0.2, 0.25) is 0 Å². The number of benzene rings is 2. The molecule has 2 nitrogen and oxygen atoms in total. The van der Waals surface area contributed by atoms with E-state index in [-0.39, 0.29) is 5.82 Å². The first-order valence-electron chi connectivity index (χ1n) is 5.94. The van der Waals surface area contributed by atoms with Crippen molar-refractivity contribution in [3.63, 3.8) is 0 Å². The van der Waals surface area contributed by atoms with E-state index in [1.165, 1.54) is 12.1 Å². The molecule has 0 aliphatic carbocycles. The van der Waals surface area contributed by atoms with Crippen molar-refractivity contribution in [1.82, 2.24) is 0 Å². The Balaban J connectivity index is 2.07. The van der Waals surface area contributed by atoms with Crippen molar-refractivity contribution in [3.05, 3.63) is 69.1 Å². The minimum atomic E-state index is -0.550. The van der Waals surface area contributed by atoms with Crippen molar-refractivity contribution < 1.29 is 8.81 Å². The molecule has 0 radical (unpaired) electrons. The topological polar surface area (TPSA) is 39.2 Å². The summed E-state index contributed by atoms with van der Waals surface area (Å²) in [5.41, 5.74) is 7.50. The molecule has 102 valence electrons. The lowest BCUT2D eigenvalue weighted by atomic mass is 10.1. The van der Waals surface area contributed by atoms with Crippen LogP contribution in [0.4, 0.5) is 4.39 Å². The SMILES string of the molecule is NC(c1cc2cc(Cl)ccc2o1)c1cc(F)ccc1Br. The van der Waals surface area contributed by atoms with Gasteiger partial charge in [-0.15, -0.1) is 0 Å². The molecule has 0 fully saturated rings. The van der Waals surface area contributed by atoms with Gasteiger partial charge in [-0.1, -0.05) is 27.5 Å². The Morgan fingerprint density at radius 3 is 2.75 bits per heavy atom. The molecule has 3 rings (SSSR count). The molecule has 3 aromatic rings. The third-order valence-electron chi connectivity index (χ3n) is 3.10. The zero-order chi connectivity index (χ0) is 14.3. The van der Waals surface area contributed by atoms with Crippen LogP contribution in [0.2, 0.25) is 5.02 Å². The van der Waals surface area contributed by atoms with Gasteiger partial charge in [0.25, 0.3) is 0 Å². The average molecular weight is 355 g/mol. The van der Waals surface area contributed by atoms with Crippen molar-refractivity contribution in [2.45, 2.75) is 6.04 Å². The van der Waals surface area contributed by atoms with Gasteiger partial charge in [-0.2, -0.15) is 0 Å². The van der Waals surface area contributed by atoms with Gasteiger partial charge in [0.1, 0.15) is 17.2 Å². The second-order valence-corrected chi connectivity index (χ2v) is 5.77. The summed E-state index contributed by atoms with van der Waals surface area (Å²) in [6, 6.07) is 11.0. The van der Waals surface area contributed by atoms with Crippen LogP contribution >= 0.6 is 27.5 Å². The number of hydrogen-bond acceptors (Lipinski definition) is 2. The van der Waals surface area contributed by atoms with E-state index in [0.29, 0.717) is 21.9 Å². The van der Waals surface area contributed by atoms with Gasteiger partial charge >= 0.3 is 0 Å². The molecule has 20 heavy (non-hydrogen) atoms. The highest BCUT2D eigenvalue weighted by molar-refractivity contribution is 9.10. The molecule has 0 saturated carbocycles. The Morgan fingerprint density at radius 2 is 1.95 bits per heavy atom. The fourth-order valence-electron chi connectivity index (χ4n) is 2.09. The summed E-state index contributed by atoms with van der Waals surface area (Å²) < 4.78 is 19.8. The Morgan fingerprint density at radius 1 is 1.15 bits per heavy atom. The Bertz CT molecular complexity index is 787. The fraction of sp³-hybridized carbons (Fsp3) is 0.0667. The Hall–Kier alpha value is -1.36. The lowest BCUT2D eigenvalue weighted by Gasteiger charge is -2.11. The third kappa shape index (κ3) is 2.46. The highest BCUT2D eigenvalue weighted by atomic mass is 79.9. The molecule has 0 aliphatic rings. The zero-order valence-corrected chi connectivity index (χ0v) is 12.6. The standard InChI is InChI=1S/C15H10BrClFNO/c16-12-3-2-10(18)7-11(12)15(19)14-6-8-5-9(17)1-4-13(8)20-14/h1-7,15H,19H2. The molecule has 0 saturated heterocycles. The maximum Gasteiger partial charge on any atom is 0.134 e. The van der Waals surface area contributed by atoms with Crippen LogP contribution in [0.1, 0.15) is 17.4 Å². The number of halogens is 3. The van der Waals surface area contributed by atoms with Crippen LogP contribution in [0.25, 0.3) is 11.0 Å².